The Kier molecular flexibility index (Phi) is 6.28. The lowest BCUT2D eigenvalue weighted by atomic mass is 10.0. The number of para-hydroxylation sites is 1. The highest BCUT2D eigenvalue weighted by atomic mass is 16.5. The second-order valence-corrected chi connectivity index (χ2v) is 7.57. The zero-order valence-corrected chi connectivity index (χ0v) is 16.9. The normalized spacial score (nSPS) is 14.5. The van der Waals surface area contributed by atoms with Crippen LogP contribution >= 0.6 is 0 Å². The van der Waals surface area contributed by atoms with Crippen LogP contribution in [0.2, 0.25) is 0 Å². The van der Waals surface area contributed by atoms with Gasteiger partial charge in [-0.05, 0) is 41.8 Å². The van der Waals surface area contributed by atoms with Crippen molar-refractivity contribution in [1.82, 2.24) is 10.2 Å². The summed E-state index contributed by atoms with van der Waals surface area (Å²) >= 11 is 0. The summed E-state index contributed by atoms with van der Waals surface area (Å²) in [6.07, 6.45) is 1.89. The van der Waals surface area contributed by atoms with E-state index in [1.54, 1.807) is 0 Å². The van der Waals surface area contributed by atoms with E-state index >= 15 is 0 Å². The number of likely N-dealkylation sites (tertiary alicyclic amines) is 1. The number of ether oxygens (including phenoxy) is 1. The topological polar surface area (TPSA) is 58.6 Å². The third kappa shape index (κ3) is 4.79. The molecule has 3 aromatic carbocycles. The van der Waals surface area contributed by atoms with Crippen molar-refractivity contribution >= 4 is 22.6 Å². The molecule has 154 valence electrons. The summed E-state index contributed by atoms with van der Waals surface area (Å²) in [5.74, 6) is 0.831. The van der Waals surface area contributed by atoms with E-state index in [2.05, 4.69) is 5.32 Å². The van der Waals surface area contributed by atoms with Crippen LogP contribution in [0, 0.1) is 0 Å². The molecule has 1 aliphatic rings. The number of fused-ring (bicyclic) bond motifs is 1. The van der Waals surface area contributed by atoms with Crippen molar-refractivity contribution in [2.45, 2.75) is 25.3 Å². The van der Waals surface area contributed by atoms with Crippen molar-refractivity contribution in [3.8, 4) is 5.75 Å². The SMILES string of the molecule is O=C(NC1CCN(C(=O)CCOc2ccccc2)CC1)c1cccc2ccccc12. The van der Waals surface area contributed by atoms with Crippen LogP contribution in [0.5, 0.6) is 5.75 Å². The largest absolute Gasteiger partial charge is 0.493 e. The van der Waals surface area contributed by atoms with Crippen molar-refractivity contribution in [3.63, 3.8) is 0 Å². The van der Waals surface area contributed by atoms with Gasteiger partial charge in [0.05, 0.1) is 13.0 Å². The number of carbonyl (C=O) groups excluding carboxylic acids is 2. The molecule has 4 rings (SSSR count). The average Bonchev–Trinajstić information content (AvgIpc) is 2.80. The Morgan fingerprint density at radius 2 is 1.60 bits per heavy atom. The van der Waals surface area contributed by atoms with Gasteiger partial charge in [0.2, 0.25) is 5.91 Å². The van der Waals surface area contributed by atoms with Gasteiger partial charge in [-0.1, -0.05) is 54.6 Å². The molecular weight excluding hydrogens is 376 g/mol. The molecule has 1 saturated heterocycles. The first kappa shape index (κ1) is 20.0. The van der Waals surface area contributed by atoms with Crippen LogP contribution in [0.25, 0.3) is 10.8 Å². The van der Waals surface area contributed by atoms with E-state index in [4.69, 9.17) is 4.74 Å². The lowest BCUT2D eigenvalue weighted by Crippen LogP contribution is -2.46. The number of carbonyl (C=O) groups is 2. The fourth-order valence-corrected chi connectivity index (χ4v) is 3.89. The number of hydrogen-bond donors (Lipinski definition) is 1. The van der Waals surface area contributed by atoms with Gasteiger partial charge in [-0.3, -0.25) is 9.59 Å². The maximum Gasteiger partial charge on any atom is 0.252 e. The monoisotopic (exact) mass is 402 g/mol. The van der Waals surface area contributed by atoms with Crippen LogP contribution < -0.4 is 10.1 Å². The molecule has 1 aliphatic heterocycles. The van der Waals surface area contributed by atoms with Crippen molar-refractivity contribution in [2.24, 2.45) is 0 Å². The third-order valence-electron chi connectivity index (χ3n) is 5.55. The number of piperidine rings is 1. The zero-order chi connectivity index (χ0) is 20.8. The highest BCUT2D eigenvalue weighted by Crippen LogP contribution is 2.19. The minimum atomic E-state index is -0.0483. The molecule has 5 heteroatoms. The number of hydrogen-bond acceptors (Lipinski definition) is 3. The van der Waals surface area contributed by atoms with Crippen molar-refractivity contribution < 1.29 is 14.3 Å². The van der Waals surface area contributed by atoms with Crippen LogP contribution in [0.15, 0.2) is 72.8 Å². The Bertz CT molecular complexity index is 1010. The van der Waals surface area contributed by atoms with E-state index in [1.807, 2.05) is 77.7 Å². The van der Waals surface area contributed by atoms with Gasteiger partial charge in [-0.2, -0.15) is 0 Å². The maximum atomic E-state index is 12.8. The molecule has 0 spiro atoms. The molecule has 5 nitrogen and oxygen atoms in total. The lowest BCUT2D eigenvalue weighted by Gasteiger charge is -2.32. The highest BCUT2D eigenvalue weighted by molar-refractivity contribution is 6.07. The Hall–Kier alpha value is -3.34. The molecule has 0 saturated carbocycles. The van der Waals surface area contributed by atoms with Crippen LogP contribution in [-0.4, -0.2) is 42.5 Å². The van der Waals surface area contributed by atoms with E-state index in [0.29, 0.717) is 31.7 Å². The number of amides is 2. The number of nitrogens with one attached hydrogen (secondary N) is 1. The molecule has 0 aliphatic carbocycles. The second-order valence-electron chi connectivity index (χ2n) is 7.57. The molecule has 1 N–H and O–H groups in total. The van der Waals surface area contributed by atoms with E-state index in [-0.39, 0.29) is 17.9 Å². The average molecular weight is 402 g/mol. The molecule has 30 heavy (non-hydrogen) atoms. The second kappa shape index (κ2) is 9.44. The van der Waals surface area contributed by atoms with E-state index in [0.717, 1.165) is 29.4 Å². The fraction of sp³-hybridized carbons (Fsp3) is 0.280. The summed E-state index contributed by atoms with van der Waals surface area (Å²) in [6, 6.07) is 23.3. The summed E-state index contributed by atoms with van der Waals surface area (Å²) in [4.78, 5) is 27.1. The molecule has 0 bridgehead atoms. The van der Waals surface area contributed by atoms with Crippen LogP contribution in [0.3, 0.4) is 0 Å². The number of benzene rings is 3. The molecule has 3 aromatic rings. The van der Waals surface area contributed by atoms with Gasteiger partial charge in [-0.25, -0.2) is 0 Å². The Morgan fingerprint density at radius 1 is 0.900 bits per heavy atom. The first-order valence-electron chi connectivity index (χ1n) is 10.4. The van der Waals surface area contributed by atoms with Crippen LogP contribution in [0.1, 0.15) is 29.6 Å². The molecule has 0 unspecified atom stereocenters. The van der Waals surface area contributed by atoms with Crippen molar-refractivity contribution in [2.75, 3.05) is 19.7 Å². The minimum Gasteiger partial charge on any atom is -0.493 e. The lowest BCUT2D eigenvalue weighted by molar-refractivity contribution is -0.132. The molecule has 0 atom stereocenters. The fourth-order valence-electron chi connectivity index (χ4n) is 3.89. The maximum absolute atomic E-state index is 12.8. The first-order valence-corrected chi connectivity index (χ1v) is 10.4. The van der Waals surface area contributed by atoms with Crippen LogP contribution in [0.4, 0.5) is 0 Å². The van der Waals surface area contributed by atoms with Gasteiger partial charge in [-0.15, -0.1) is 0 Å². The summed E-state index contributed by atoms with van der Waals surface area (Å²) in [5.41, 5.74) is 0.699. The molecule has 1 fully saturated rings. The van der Waals surface area contributed by atoms with Gasteiger partial charge in [0.25, 0.3) is 5.91 Å². The number of rotatable bonds is 6. The third-order valence-corrected chi connectivity index (χ3v) is 5.55. The molecule has 2 amide bonds. The van der Waals surface area contributed by atoms with Gasteiger partial charge < -0.3 is 15.0 Å². The molecule has 1 heterocycles. The molecule has 0 aromatic heterocycles. The predicted molar refractivity (Wildman–Crippen MR) is 118 cm³/mol. The van der Waals surface area contributed by atoms with Gasteiger partial charge in [0.1, 0.15) is 5.75 Å². The summed E-state index contributed by atoms with van der Waals surface area (Å²) in [6.45, 7) is 1.69. The Labute approximate surface area is 176 Å². The van der Waals surface area contributed by atoms with Gasteiger partial charge in [0, 0.05) is 24.7 Å². The van der Waals surface area contributed by atoms with E-state index < -0.39 is 0 Å². The Balaban J connectivity index is 1.25. The molecule has 0 radical (unpaired) electrons. The predicted octanol–water partition coefficient (Wildman–Crippen LogP) is 4.03. The zero-order valence-electron chi connectivity index (χ0n) is 16.9. The number of nitrogens with zero attached hydrogens (tertiary/aromatic N) is 1. The van der Waals surface area contributed by atoms with Gasteiger partial charge >= 0.3 is 0 Å². The smallest absolute Gasteiger partial charge is 0.252 e. The van der Waals surface area contributed by atoms with Crippen molar-refractivity contribution in [3.05, 3.63) is 78.4 Å². The van der Waals surface area contributed by atoms with Crippen LogP contribution in [-0.2, 0) is 4.79 Å². The summed E-state index contributed by atoms with van der Waals surface area (Å²) in [5, 5.41) is 5.17. The summed E-state index contributed by atoms with van der Waals surface area (Å²) in [7, 11) is 0. The quantitative estimate of drug-likeness (QED) is 0.677. The first-order chi connectivity index (χ1) is 14.7. The molecular formula is C25H26N2O3. The van der Waals surface area contributed by atoms with Crippen molar-refractivity contribution in [1.29, 1.82) is 0 Å². The van der Waals surface area contributed by atoms with E-state index in [1.165, 1.54) is 0 Å². The van der Waals surface area contributed by atoms with E-state index in [9.17, 15) is 9.59 Å². The summed E-state index contributed by atoms with van der Waals surface area (Å²) < 4.78 is 5.62. The Morgan fingerprint density at radius 3 is 2.40 bits per heavy atom. The highest BCUT2D eigenvalue weighted by Gasteiger charge is 2.24. The van der Waals surface area contributed by atoms with Gasteiger partial charge in [0.15, 0.2) is 0 Å². The standard InChI is InChI=1S/C25H26N2O3/c28-24(15-18-30-21-9-2-1-3-10-21)27-16-13-20(14-17-27)26-25(29)23-12-6-8-19-7-4-5-11-22(19)23/h1-12,20H,13-18H2,(H,26,29). The minimum absolute atomic E-state index is 0.0483.